The summed E-state index contributed by atoms with van der Waals surface area (Å²) in [5.74, 6) is 3.34. The summed E-state index contributed by atoms with van der Waals surface area (Å²) in [6.07, 6.45) is 14.1. The number of benzene rings is 1. The van der Waals surface area contributed by atoms with Crippen LogP contribution in [0.5, 0.6) is 5.75 Å². The summed E-state index contributed by atoms with van der Waals surface area (Å²) in [6.45, 7) is 20.0. The third-order valence-corrected chi connectivity index (χ3v) is 10.2. The summed E-state index contributed by atoms with van der Waals surface area (Å²) in [6, 6.07) is 0. The van der Waals surface area contributed by atoms with Gasteiger partial charge in [0, 0.05) is 5.92 Å². The number of fused-ring (bicyclic) bond motifs is 1. The Morgan fingerprint density at radius 1 is 0.857 bits per heavy atom. The minimum Gasteiger partial charge on any atom is -0.490 e. The van der Waals surface area contributed by atoms with Crippen molar-refractivity contribution in [2.24, 2.45) is 23.2 Å². The van der Waals surface area contributed by atoms with E-state index in [0.717, 1.165) is 59.5 Å². The first-order valence-electron chi connectivity index (χ1n) is 17.0. The van der Waals surface area contributed by atoms with Gasteiger partial charge in [-0.2, -0.15) is 0 Å². The van der Waals surface area contributed by atoms with Crippen molar-refractivity contribution in [3.05, 3.63) is 27.8 Å². The molecule has 0 amide bonds. The summed E-state index contributed by atoms with van der Waals surface area (Å²) in [5.41, 5.74) is 5.06. The van der Waals surface area contributed by atoms with Crippen molar-refractivity contribution in [3.8, 4) is 5.75 Å². The van der Waals surface area contributed by atoms with Crippen molar-refractivity contribution < 1.29 is 23.8 Å². The fourth-order valence-corrected chi connectivity index (χ4v) is 7.21. The fraction of sp³-hybridized carbons (Fsp3) is 0.784. The van der Waals surface area contributed by atoms with Crippen molar-refractivity contribution in [2.45, 2.75) is 151 Å². The second-order valence-electron chi connectivity index (χ2n) is 14.5. The van der Waals surface area contributed by atoms with Gasteiger partial charge < -0.3 is 14.2 Å². The minimum atomic E-state index is -0.832. The molecule has 2 aliphatic heterocycles. The predicted molar refractivity (Wildman–Crippen MR) is 172 cm³/mol. The Hall–Kier alpha value is -2.04. The van der Waals surface area contributed by atoms with E-state index < -0.39 is 11.6 Å². The molecule has 5 nitrogen and oxygen atoms in total. The Morgan fingerprint density at radius 2 is 1.43 bits per heavy atom. The maximum absolute atomic E-state index is 13.8. The number of ketones is 1. The quantitative estimate of drug-likeness (QED) is 0.181. The van der Waals surface area contributed by atoms with Crippen LogP contribution in [0.1, 0.15) is 146 Å². The molecule has 0 saturated carbocycles. The van der Waals surface area contributed by atoms with Crippen LogP contribution in [0.4, 0.5) is 4.79 Å². The lowest BCUT2D eigenvalue weighted by molar-refractivity contribution is -0.140. The molecule has 4 atom stereocenters. The molecule has 5 heteroatoms. The fourth-order valence-electron chi connectivity index (χ4n) is 7.21. The molecule has 1 saturated heterocycles. The maximum atomic E-state index is 13.8. The van der Waals surface area contributed by atoms with Crippen LogP contribution in [-0.2, 0) is 20.7 Å². The highest BCUT2D eigenvalue weighted by Crippen LogP contribution is 2.44. The highest BCUT2D eigenvalue weighted by Gasteiger charge is 2.44. The Balaban J connectivity index is 1.55. The van der Waals surface area contributed by atoms with Crippen LogP contribution in [0, 0.1) is 43.9 Å². The van der Waals surface area contributed by atoms with Gasteiger partial charge in [-0.15, -0.1) is 0 Å². The molecule has 1 aromatic carbocycles. The van der Waals surface area contributed by atoms with Crippen LogP contribution in [0.15, 0.2) is 0 Å². The molecule has 0 bridgehead atoms. The molecule has 1 aromatic rings. The molecule has 42 heavy (non-hydrogen) atoms. The third-order valence-electron chi connectivity index (χ3n) is 10.2. The smallest absolute Gasteiger partial charge is 0.490 e. The van der Waals surface area contributed by atoms with Gasteiger partial charge in [0.25, 0.3) is 0 Å². The lowest BCUT2D eigenvalue weighted by atomic mass is 9.73. The second-order valence-corrected chi connectivity index (χ2v) is 14.5. The van der Waals surface area contributed by atoms with E-state index in [1.54, 1.807) is 0 Å². The molecule has 0 N–H and O–H groups in total. The number of hydrogen-bond donors (Lipinski definition) is 0. The van der Waals surface area contributed by atoms with E-state index in [9.17, 15) is 9.59 Å². The van der Waals surface area contributed by atoms with Crippen molar-refractivity contribution in [3.63, 3.8) is 0 Å². The molecular weight excluding hydrogens is 524 g/mol. The van der Waals surface area contributed by atoms with Crippen molar-refractivity contribution in [1.29, 1.82) is 0 Å². The number of carbonyl (C=O) groups is 2. The maximum Gasteiger partial charge on any atom is 0.508 e. The van der Waals surface area contributed by atoms with Gasteiger partial charge in [-0.1, -0.05) is 79.6 Å². The van der Waals surface area contributed by atoms with Gasteiger partial charge in [0.15, 0.2) is 5.78 Å². The van der Waals surface area contributed by atoms with Crippen molar-refractivity contribution >= 4 is 11.9 Å². The summed E-state index contributed by atoms with van der Waals surface area (Å²) in [7, 11) is 0. The zero-order valence-electron chi connectivity index (χ0n) is 28.3. The van der Waals surface area contributed by atoms with E-state index in [-0.39, 0.29) is 31.0 Å². The Labute approximate surface area is 256 Å². The summed E-state index contributed by atoms with van der Waals surface area (Å²) < 4.78 is 16.9. The number of rotatable bonds is 16. The molecular formula is C37H60O5. The Kier molecular flexibility index (Phi) is 12.8. The Morgan fingerprint density at radius 3 is 2.00 bits per heavy atom. The second kappa shape index (κ2) is 15.6. The molecule has 0 aliphatic carbocycles. The van der Waals surface area contributed by atoms with Gasteiger partial charge in [0.1, 0.15) is 19.0 Å². The van der Waals surface area contributed by atoms with Gasteiger partial charge in [-0.3, -0.25) is 4.79 Å². The van der Waals surface area contributed by atoms with E-state index in [1.165, 1.54) is 62.5 Å². The van der Waals surface area contributed by atoms with E-state index >= 15 is 0 Å². The minimum absolute atomic E-state index is 0.0736. The SMILES string of the molecule is CCC(C(=O)C1(C)COC(=O)OC1)c1c(C)c(C)c2c(c1C)CCC(CCC[C@H](C)CCC[C@H](C)CCCC(C)C)O2. The molecule has 0 aromatic heterocycles. The van der Waals surface area contributed by atoms with E-state index in [0.29, 0.717) is 6.42 Å². The van der Waals surface area contributed by atoms with Crippen LogP contribution in [-0.4, -0.2) is 31.3 Å². The van der Waals surface area contributed by atoms with Gasteiger partial charge in [-0.25, -0.2) is 4.79 Å². The summed E-state index contributed by atoms with van der Waals surface area (Å²) in [4.78, 5) is 25.3. The highest BCUT2D eigenvalue weighted by molar-refractivity contribution is 5.92. The number of hydrogen-bond acceptors (Lipinski definition) is 5. The van der Waals surface area contributed by atoms with Gasteiger partial charge in [0.2, 0.25) is 0 Å². The van der Waals surface area contributed by atoms with E-state index in [2.05, 4.69) is 55.4 Å². The predicted octanol–water partition coefficient (Wildman–Crippen LogP) is 9.98. The first-order valence-corrected chi connectivity index (χ1v) is 17.0. The molecule has 3 rings (SSSR count). The summed E-state index contributed by atoms with van der Waals surface area (Å²) in [5, 5.41) is 0. The molecule has 2 heterocycles. The summed E-state index contributed by atoms with van der Waals surface area (Å²) >= 11 is 0. The molecule has 1 fully saturated rings. The van der Waals surface area contributed by atoms with Crippen molar-refractivity contribution in [2.75, 3.05) is 13.2 Å². The van der Waals surface area contributed by atoms with E-state index in [4.69, 9.17) is 14.2 Å². The number of cyclic esters (lactones) is 2. The van der Waals surface area contributed by atoms with Crippen LogP contribution in [0.3, 0.4) is 0 Å². The van der Waals surface area contributed by atoms with Crippen molar-refractivity contribution in [1.82, 2.24) is 0 Å². The third kappa shape index (κ3) is 8.76. The molecule has 238 valence electrons. The van der Waals surface area contributed by atoms with Crippen LogP contribution in [0.2, 0.25) is 0 Å². The molecule has 0 spiro atoms. The first kappa shape index (κ1) is 34.5. The molecule has 2 aliphatic rings. The largest absolute Gasteiger partial charge is 0.508 e. The average molecular weight is 585 g/mol. The first-order chi connectivity index (χ1) is 19.9. The lowest BCUT2D eigenvalue weighted by Gasteiger charge is -2.36. The zero-order chi connectivity index (χ0) is 31.0. The zero-order valence-corrected chi connectivity index (χ0v) is 28.3. The van der Waals surface area contributed by atoms with Crippen LogP contribution >= 0.6 is 0 Å². The average Bonchev–Trinajstić information content (AvgIpc) is 2.95. The standard InChI is InChI=1S/C37H60O5/c1-10-31(35(38)37(9)22-40-36(39)41-23-37)33-27(6)28(7)34-32(29(33)8)21-20-30(42-34)19-13-18-26(5)17-12-16-25(4)15-11-14-24(2)3/h24-26,30-31H,10-23H2,1-9H3/t25-,26-,30?,31?/m1/s1. The normalized spacial score (nSPS) is 20.2. The Bertz CT molecular complexity index is 1050. The number of carbonyl (C=O) groups excluding carboxylic acids is 2. The van der Waals surface area contributed by atoms with Gasteiger partial charge in [-0.05, 0) is 105 Å². The molecule has 0 radical (unpaired) electrons. The highest BCUT2D eigenvalue weighted by atomic mass is 16.7. The number of ether oxygens (including phenoxy) is 3. The van der Waals surface area contributed by atoms with Gasteiger partial charge in [0.05, 0.1) is 11.5 Å². The van der Waals surface area contributed by atoms with Gasteiger partial charge >= 0.3 is 6.16 Å². The van der Waals surface area contributed by atoms with Crippen LogP contribution < -0.4 is 4.74 Å². The lowest BCUT2D eigenvalue weighted by Crippen LogP contribution is -2.45. The molecule has 2 unspecified atom stereocenters. The topological polar surface area (TPSA) is 61.8 Å². The monoisotopic (exact) mass is 584 g/mol. The van der Waals surface area contributed by atoms with E-state index in [1.807, 2.05) is 6.92 Å². The number of Topliss-reactive ketones (excluding diaryl/α,β-unsaturated/α-hetero) is 1. The van der Waals surface area contributed by atoms with Crippen LogP contribution in [0.25, 0.3) is 0 Å².